The van der Waals surface area contributed by atoms with E-state index in [0.29, 0.717) is 75.5 Å². The molecule has 390 valence electrons. The van der Waals surface area contributed by atoms with Crippen LogP contribution in [0.5, 0.6) is 0 Å². The second-order valence-corrected chi connectivity index (χ2v) is 26.2. The average Bonchev–Trinajstić information content (AvgIpc) is 4.25. The molecule has 73 heavy (non-hydrogen) atoms. The van der Waals surface area contributed by atoms with Crippen molar-refractivity contribution in [2.45, 2.75) is 176 Å². The molecule has 2 aromatic carbocycles. The van der Waals surface area contributed by atoms with Crippen molar-refractivity contribution in [3.05, 3.63) is 94.6 Å². The number of ether oxygens (including phenoxy) is 1. The molecule has 11 aliphatic carbocycles. The van der Waals surface area contributed by atoms with Crippen molar-refractivity contribution in [1.82, 2.24) is 5.32 Å². The van der Waals surface area contributed by atoms with Crippen LogP contribution < -0.4 is 5.32 Å². The summed E-state index contributed by atoms with van der Waals surface area (Å²) in [7, 11) is 1.92. The van der Waals surface area contributed by atoms with Gasteiger partial charge < -0.3 is 45.5 Å². The zero-order chi connectivity index (χ0) is 50.3. The predicted molar refractivity (Wildman–Crippen MR) is 275 cm³/mol. The van der Waals surface area contributed by atoms with Crippen LogP contribution in [0.15, 0.2) is 72.3 Å². The molecule has 0 aromatic heterocycles. The van der Waals surface area contributed by atoms with Crippen LogP contribution >= 0.6 is 0 Å². The van der Waals surface area contributed by atoms with Gasteiger partial charge in [-0.2, -0.15) is 0 Å². The van der Waals surface area contributed by atoms with E-state index in [0.717, 1.165) is 67.1 Å². The lowest BCUT2D eigenvalue weighted by Gasteiger charge is -2.74. The SMILES string of the molecule is CNC1Cc2c(cccc2CO)C#CCCC23CCC4C5(C=O)CC6(CCC(CCc7ccccc7)C6)C(O)C6CC7C=CCC(C8CCCC8)C7CC(C(O)C4(O)C2(O)CC2CC1C1OC(=O)C=C1C23)C65O. The van der Waals surface area contributed by atoms with E-state index < -0.39 is 75.1 Å². The van der Waals surface area contributed by atoms with E-state index in [1.165, 1.54) is 18.4 Å². The number of hydrogen-bond acceptors (Lipinski definition) is 10. The molecule has 4 bridgehead atoms. The molecule has 12 aliphatic rings. The summed E-state index contributed by atoms with van der Waals surface area (Å²) in [6.07, 6.45) is 17.7. The maximum atomic E-state index is 15.2. The van der Waals surface area contributed by atoms with E-state index in [9.17, 15) is 35.4 Å². The average molecular weight is 994 g/mol. The molecular weight excluding hydrogens is 915 g/mol. The van der Waals surface area contributed by atoms with Gasteiger partial charge in [-0.3, -0.25) is 0 Å². The predicted octanol–water partition coefficient (Wildman–Crippen LogP) is 7.32. The van der Waals surface area contributed by atoms with E-state index >= 15 is 4.79 Å². The summed E-state index contributed by atoms with van der Waals surface area (Å²) in [5, 5.41) is 85.4. The van der Waals surface area contributed by atoms with Crippen molar-refractivity contribution in [1.29, 1.82) is 0 Å². The van der Waals surface area contributed by atoms with E-state index in [1.54, 1.807) is 6.08 Å². The number of fused-ring (bicyclic) bond motifs is 7. The third-order valence-electron chi connectivity index (χ3n) is 23.9. The molecule has 7 N–H and O–H groups in total. The van der Waals surface area contributed by atoms with Crippen molar-refractivity contribution >= 4 is 12.3 Å². The summed E-state index contributed by atoms with van der Waals surface area (Å²) >= 11 is 0. The minimum absolute atomic E-state index is 0.0281. The van der Waals surface area contributed by atoms with Crippen LogP contribution in [0.1, 0.15) is 138 Å². The molecule has 0 radical (unpaired) electrons. The number of aldehydes is 1. The molecule has 10 nitrogen and oxygen atoms in total. The largest absolute Gasteiger partial charge is 0.454 e. The van der Waals surface area contributed by atoms with Gasteiger partial charge in [-0.15, -0.1) is 0 Å². The van der Waals surface area contributed by atoms with Crippen LogP contribution in [0.3, 0.4) is 0 Å². The summed E-state index contributed by atoms with van der Waals surface area (Å²) in [5.41, 5.74) is -4.69. The number of carbonyl (C=O) groups excluding carboxylic acids is 2. The molecule has 20 unspecified atom stereocenters. The molecular formula is C63H79NO9. The molecule has 2 aromatic rings. The van der Waals surface area contributed by atoms with Gasteiger partial charge in [0.1, 0.15) is 23.6 Å². The molecule has 10 heteroatoms. The van der Waals surface area contributed by atoms with Crippen LogP contribution in [0.2, 0.25) is 0 Å². The standard InChI is InChI=1S/C63H79NO9/c1-64-51-30-45-40(16-9-18-42(45)34-65)15-7-8-24-59-26-23-52-60(36-66)35-58(25-22-38(32-58)21-20-37-11-3-2-4-12-37)56(68)49-28-41-17-10-19-44(39-13-5-6-14-39)46(41)29-50(62(49,60)71)57(69)63(52,72)61(59,70)33-43-27-47(51)55-48(54(43)59)31-53(67)73-55/h2-4,9-12,16-18,31,36,38-39,41,43-44,46-47,49-52,54-57,64-65,68-72H,5-6,8,13-14,19-30,32-35H2,1H3. The first-order valence-electron chi connectivity index (χ1n) is 28.8. The number of nitrogens with one attached hydrogen (secondary N) is 1. The lowest BCUT2D eigenvalue weighted by atomic mass is 9.33. The highest BCUT2D eigenvalue weighted by Gasteiger charge is 2.87. The summed E-state index contributed by atoms with van der Waals surface area (Å²) in [5.74, 6) is 4.25. The Labute approximate surface area is 431 Å². The van der Waals surface area contributed by atoms with Gasteiger partial charge in [-0.25, -0.2) is 4.79 Å². The highest BCUT2D eigenvalue weighted by molar-refractivity contribution is 5.86. The minimum atomic E-state index is -2.24. The summed E-state index contributed by atoms with van der Waals surface area (Å²) in [6, 6.07) is 16.2. The number of benzene rings is 2. The number of rotatable bonds is 7. The Morgan fingerprint density at radius 3 is 2.44 bits per heavy atom. The first-order chi connectivity index (χ1) is 35.3. The normalized spacial score (nSPS) is 48.2. The molecule has 8 fully saturated rings. The second-order valence-electron chi connectivity index (χ2n) is 26.2. The number of esters is 1. The Morgan fingerprint density at radius 1 is 0.849 bits per heavy atom. The highest BCUT2D eigenvalue weighted by atomic mass is 16.5. The molecule has 1 aliphatic heterocycles. The molecule has 1 heterocycles. The molecule has 0 saturated heterocycles. The van der Waals surface area contributed by atoms with Gasteiger partial charge in [0, 0.05) is 53.2 Å². The quantitative estimate of drug-likeness (QED) is 0.0645. The van der Waals surface area contributed by atoms with Crippen LogP contribution in [0.4, 0.5) is 0 Å². The Balaban J connectivity index is 0.972. The third kappa shape index (κ3) is 6.67. The number of carbonyl (C=O) groups is 2. The maximum absolute atomic E-state index is 15.2. The number of likely N-dealkylation sites (N-methyl/N-ethyl adjacent to an activating group) is 1. The Kier molecular flexibility index (Phi) is 11.9. The van der Waals surface area contributed by atoms with Crippen LogP contribution in [-0.4, -0.2) is 91.1 Å². The third-order valence-corrected chi connectivity index (χ3v) is 23.9. The fourth-order valence-corrected chi connectivity index (χ4v) is 21.2. The van der Waals surface area contributed by atoms with Gasteiger partial charge in [0.25, 0.3) is 0 Å². The molecule has 14 rings (SSSR count). The molecule has 0 amide bonds. The molecule has 20 atom stereocenters. The van der Waals surface area contributed by atoms with Crippen molar-refractivity contribution < 1.29 is 45.0 Å². The van der Waals surface area contributed by atoms with Gasteiger partial charge in [-0.05, 0) is 179 Å². The van der Waals surface area contributed by atoms with Crippen molar-refractivity contribution in [3.63, 3.8) is 0 Å². The first-order valence-corrected chi connectivity index (χ1v) is 28.8. The maximum Gasteiger partial charge on any atom is 0.331 e. The van der Waals surface area contributed by atoms with Gasteiger partial charge in [0.15, 0.2) is 0 Å². The van der Waals surface area contributed by atoms with E-state index in [4.69, 9.17) is 4.74 Å². The minimum Gasteiger partial charge on any atom is -0.454 e. The first kappa shape index (κ1) is 48.9. The summed E-state index contributed by atoms with van der Waals surface area (Å²) in [6.45, 7) is -0.133. The Hall–Kier alpha value is -3.66. The smallest absolute Gasteiger partial charge is 0.331 e. The lowest BCUT2D eigenvalue weighted by Crippen LogP contribution is -2.86. The van der Waals surface area contributed by atoms with Crippen molar-refractivity contribution in [3.8, 4) is 11.8 Å². The van der Waals surface area contributed by atoms with Gasteiger partial charge >= 0.3 is 5.97 Å². The molecule has 8 saturated carbocycles. The topological polar surface area (TPSA) is 177 Å². The fourth-order valence-electron chi connectivity index (χ4n) is 21.2. The Bertz CT molecular complexity index is 2630. The number of aliphatic hydroxyl groups excluding tert-OH is 3. The van der Waals surface area contributed by atoms with E-state index in [-0.39, 0.29) is 61.5 Å². The number of allylic oxidation sites excluding steroid dienone is 2. The van der Waals surface area contributed by atoms with Gasteiger partial charge in [0.2, 0.25) is 0 Å². The fraction of sp³-hybridized carbons (Fsp3) is 0.683. The van der Waals surface area contributed by atoms with Crippen LogP contribution in [-0.2, 0) is 33.8 Å². The van der Waals surface area contributed by atoms with Crippen LogP contribution in [0, 0.1) is 93.2 Å². The zero-order valence-corrected chi connectivity index (χ0v) is 42.8. The zero-order valence-electron chi connectivity index (χ0n) is 42.8. The molecule has 2 spiro atoms. The number of aliphatic hydroxyl groups is 6. The lowest BCUT2D eigenvalue weighted by molar-refractivity contribution is -0.384. The monoisotopic (exact) mass is 994 g/mol. The van der Waals surface area contributed by atoms with Gasteiger partial charge in [0.05, 0.1) is 29.8 Å². The van der Waals surface area contributed by atoms with E-state index in [1.807, 2.05) is 31.3 Å². The number of aryl methyl sites for hydroxylation is 1. The van der Waals surface area contributed by atoms with Crippen molar-refractivity contribution in [2.75, 3.05) is 7.05 Å². The van der Waals surface area contributed by atoms with Crippen LogP contribution in [0.25, 0.3) is 0 Å². The highest BCUT2D eigenvalue weighted by Crippen LogP contribution is 2.79. The van der Waals surface area contributed by atoms with E-state index in [2.05, 4.69) is 53.6 Å². The number of hydrogen-bond donors (Lipinski definition) is 7. The second kappa shape index (κ2) is 17.7. The summed E-state index contributed by atoms with van der Waals surface area (Å²) < 4.78 is 6.35. The van der Waals surface area contributed by atoms with Crippen molar-refractivity contribution in [2.24, 2.45) is 81.3 Å². The van der Waals surface area contributed by atoms with Gasteiger partial charge in [-0.1, -0.05) is 92.1 Å². The summed E-state index contributed by atoms with van der Waals surface area (Å²) in [4.78, 5) is 29.0. The Morgan fingerprint density at radius 2 is 1.66 bits per heavy atom.